The van der Waals surface area contributed by atoms with Crippen molar-refractivity contribution in [1.29, 1.82) is 0 Å². The zero-order valence-corrected chi connectivity index (χ0v) is 10.8. The van der Waals surface area contributed by atoms with Crippen LogP contribution in [-0.2, 0) is 11.3 Å². The maximum atomic E-state index is 11.7. The number of nitrogens with zero attached hydrogens (tertiary/aromatic N) is 3. The highest BCUT2D eigenvalue weighted by molar-refractivity contribution is 6.30. The van der Waals surface area contributed by atoms with E-state index in [1.54, 1.807) is 24.3 Å². The summed E-state index contributed by atoms with van der Waals surface area (Å²) in [5, 5.41) is 21.5. The number of carbonyl (C=O) groups excluding carboxylic acids is 1. The van der Waals surface area contributed by atoms with Crippen LogP contribution in [0.2, 0.25) is 5.02 Å². The molecule has 3 N–H and O–H groups in total. The minimum Gasteiger partial charge on any atom is -0.480 e. The lowest BCUT2D eigenvalue weighted by Gasteiger charge is -2.05. The lowest BCUT2D eigenvalue weighted by molar-refractivity contribution is -0.138. The van der Waals surface area contributed by atoms with Gasteiger partial charge in [0.25, 0.3) is 0 Å². The second-order valence-electron chi connectivity index (χ2n) is 3.74. The number of carbonyl (C=O) groups is 2. The van der Waals surface area contributed by atoms with Gasteiger partial charge in [0.15, 0.2) is 12.4 Å². The van der Waals surface area contributed by atoms with Gasteiger partial charge in [-0.25, -0.2) is 4.79 Å². The number of amides is 2. The quantitative estimate of drug-likeness (QED) is 0.794. The van der Waals surface area contributed by atoms with Crippen molar-refractivity contribution in [1.82, 2.24) is 15.0 Å². The molecule has 1 aromatic carbocycles. The van der Waals surface area contributed by atoms with Crippen molar-refractivity contribution in [3.8, 4) is 0 Å². The smallest absolute Gasteiger partial charge is 0.327 e. The first kappa shape index (κ1) is 13.8. The standard InChI is InChI=1S/C11H10ClN5O3/c12-7-2-1-3-8(4-7)14-11(20)15-9-5-13-17(16-9)6-10(18)19/h1-5H,6H2,(H,18,19)(H2,14,15,16,20). The van der Waals surface area contributed by atoms with Crippen LogP contribution in [0, 0.1) is 0 Å². The van der Waals surface area contributed by atoms with Crippen LogP contribution in [0.4, 0.5) is 16.3 Å². The summed E-state index contributed by atoms with van der Waals surface area (Å²) < 4.78 is 0. The molecule has 0 saturated carbocycles. The number of aromatic nitrogens is 3. The Hall–Kier alpha value is -2.61. The summed E-state index contributed by atoms with van der Waals surface area (Å²) in [6, 6.07) is 6.10. The third-order valence-electron chi connectivity index (χ3n) is 2.14. The van der Waals surface area contributed by atoms with Gasteiger partial charge in [0.2, 0.25) is 0 Å². The maximum Gasteiger partial charge on any atom is 0.327 e. The molecule has 20 heavy (non-hydrogen) atoms. The Kier molecular flexibility index (Phi) is 4.16. The van der Waals surface area contributed by atoms with E-state index in [4.69, 9.17) is 16.7 Å². The number of halogens is 1. The van der Waals surface area contributed by atoms with Gasteiger partial charge >= 0.3 is 12.0 Å². The highest BCUT2D eigenvalue weighted by atomic mass is 35.5. The fourth-order valence-corrected chi connectivity index (χ4v) is 1.59. The number of carboxylic acid groups (broad SMARTS) is 1. The second kappa shape index (κ2) is 6.02. The van der Waals surface area contributed by atoms with E-state index < -0.39 is 12.0 Å². The minimum atomic E-state index is -1.07. The van der Waals surface area contributed by atoms with Gasteiger partial charge in [0, 0.05) is 10.7 Å². The van der Waals surface area contributed by atoms with Crippen LogP contribution in [-0.4, -0.2) is 32.1 Å². The Morgan fingerprint density at radius 3 is 2.85 bits per heavy atom. The second-order valence-corrected chi connectivity index (χ2v) is 4.18. The van der Waals surface area contributed by atoms with E-state index >= 15 is 0 Å². The molecule has 0 atom stereocenters. The zero-order valence-electron chi connectivity index (χ0n) is 10.1. The molecule has 0 saturated heterocycles. The Morgan fingerprint density at radius 2 is 2.15 bits per heavy atom. The number of aliphatic carboxylic acids is 1. The molecule has 0 bridgehead atoms. The van der Waals surface area contributed by atoms with E-state index in [0.717, 1.165) is 4.80 Å². The molecular formula is C11H10ClN5O3. The molecule has 1 heterocycles. The Labute approximate surface area is 118 Å². The predicted octanol–water partition coefficient (Wildman–Crippen LogP) is 1.66. The van der Waals surface area contributed by atoms with Gasteiger partial charge in [-0.2, -0.15) is 9.90 Å². The number of anilines is 2. The SMILES string of the molecule is O=C(O)Cn1ncc(NC(=O)Nc2cccc(Cl)c2)n1. The molecule has 2 aromatic rings. The average molecular weight is 296 g/mol. The summed E-state index contributed by atoms with van der Waals surface area (Å²) in [4.78, 5) is 23.1. The van der Waals surface area contributed by atoms with Crippen molar-refractivity contribution < 1.29 is 14.7 Å². The van der Waals surface area contributed by atoms with Gasteiger partial charge in [-0.15, -0.1) is 5.10 Å². The molecule has 0 spiro atoms. The molecular weight excluding hydrogens is 286 g/mol. The number of hydrogen-bond donors (Lipinski definition) is 3. The molecule has 1 aromatic heterocycles. The summed E-state index contributed by atoms with van der Waals surface area (Å²) in [5.74, 6) is -0.929. The minimum absolute atomic E-state index is 0.144. The van der Waals surface area contributed by atoms with Crippen LogP contribution < -0.4 is 10.6 Å². The van der Waals surface area contributed by atoms with E-state index in [1.165, 1.54) is 6.20 Å². The third kappa shape index (κ3) is 3.95. The molecule has 9 heteroatoms. The van der Waals surface area contributed by atoms with Crippen molar-refractivity contribution >= 4 is 35.1 Å². The predicted molar refractivity (Wildman–Crippen MR) is 71.8 cm³/mol. The van der Waals surface area contributed by atoms with Crippen LogP contribution in [0.5, 0.6) is 0 Å². The number of rotatable bonds is 4. The lowest BCUT2D eigenvalue weighted by atomic mass is 10.3. The summed E-state index contributed by atoms with van der Waals surface area (Å²) in [5.41, 5.74) is 0.521. The number of hydrogen-bond acceptors (Lipinski definition) is 4. The monoisotopic (exact) mass is 295 g/mol. The number of benzene rings is 1. The first-order valence-electron chi connectivity index (χ1n) is 5.48. The molecule has 104 valence electrons. The van der Waals surface area contributed by atoms with E-state index in [0.29, 0.717) is 10.7 Å². The molecule has 2 amide bonds. The van der Waals surface area contributed by atoms with Crippen molar-refractivity contribution in [2.24, 2.45) is 0 Å². The molecule has 0 fully saturated rings. The van der Waals surface area contributed by atoms with E-state index in [1.807, 2.05) is 0 Å². The Balaban J connectivity index is 1.94. The molecule has 2 rings (SSSR count). The van der Waals surface area contributed by atoms with Gasteiger partial charge in [0.05, 0.1) is 6.20 Å². The molecule has 0 aliphatic rings. The number of nitrogens with one attached hydrogen (secondary N) is 2. The normalized spacial score (nSPS) is 10.1. The van der Waals surface area contributed by atoms with Crippen molar-refractivity contribution in [3.63, 3.8) is 0 Å². The topological polar surface area (TPSA) is 109 Å². The van der Waals surface area contributed by atoms with Crippen LogP contribution in [0.25, 0.3) is 0 Å². The zero-order chi connectivity index (χ0) is 14.5. The summed E-state index contributed by atoms with van der Waals surface area (Å²) in [7, 11) is 0. The highest BCUT2D eigenvalue weighted by Crippen LogP contribution is 2.15. The molecule has 0 aliphatic heterocycles. The summed E-state index contributed by atoms with van der Waals surface area (Å²) in [6.45, 7) is -0.377. The van der Waals surface area contributed by atoms with E-state index in [-0.39, 0.29) is 12.4 Å². The van der Waals surface area contributed by atoms with E-state index in [9.17, 15) is 9.59 Å². The first-order valence-corrected chi connectivity index (χ1v) is 5.86. The molecule has 8 nitrogen and oxygen atoms in total. The van der Waals surface area contributed by atoms with Gasteiger partial charge in [-0.3, -0.25) is 10.1 Å². The van der Waals surface area contributed by atoms with Crippen LogP contribution >= 0.6 is 11.6 Å². The van der Waals surface area contributed by atoms with Crippen molar-refractivity contribution in [2.75, 3.05) is 10.6 Å². The maximum absolute atomic E-state index is 11.7. The van der Waals surface area contributed by atoms with Gasteiger partial charge in [-0.05, 0) is 18.2 Å². The fraction of sp³-hybridized carbons (Fsp3) is 0.0909. The fourth-order valence-electron chi connectivity index (χ4n) is 1.40. The summed E-state index contributed by atoms with van der Waals surface area (Å²) >= 11 is 5.79. The Morgan fingerprint density at radius 1 is 1.35 bits per heavy atom. The third-order valence-corrected chi connectivity index (χ3v) is 2.37. The van der Waals surface area contributed by atoms with Gasteiger partial charge in [0.1, 0.15) is 0 Å². The van der Waals surface area contributed by atoms with Crippen LogP contribution in [0.15, 0.2) is 30.5 Å². The van der Waals surface area contributed by atoms with Gasteiger partial charge in [-0.1, -0.05) is 17.7 Å². The highest BCUT2D eigenvalue weighted by Gasteiger charge is 2.08. The largest absolute Gasteiger partial charge is 0.480 e. The van der Waals surface area contributed by atoms with Crippen LogP contribution in [0.3, 0.4) is 0 Å². The molecule has 0 radical (unpaired) electrons. The first-order chi connectivity index (χ1) is 9.52. The van der Waals surface area contributed by atoms with E-state index in [2.05, 4.69) is 20.8 Å². The molecule has 0 aliphatic carbocycles. The lowest BCUT2D eigenvalue weighted by Crippen LogP contribution is -2.20. The average Bonchev–Trinajstić information content (AvgIpc) is 2.75. The number of carboxylic acids is 1. The van der Waals surface area contributed by atoms with Crippen molar-refractivity contribution in [2.45, 2.75) is 6.54 Å². The Bertz CT molecular complexity index is 642. The van der Waals surface area contributed by atoms with Crippen LogP contribution in [0.1, 0.15) is 0 Å². The summed E-state index contributed by atoms with van der Waals surface area (Å²) in [6.07, 6.45) is 1.25. The molecule has 0 unspecified atom stereocenters. The number of urea groups is 1. The van der Waals surface area contributed by atoms with Gasteiger partial charge < -0.3 is 10.4 Å². The van der Waals surface area contributed by atoms with Crippen molar-refractivity contribution in [3.05, 3.63) is 35.5 Å².